The molecule has 2 aliphatic heterocycles. The highest BCUT2D eigenvalue weighted by atomic mass is 32.2. The second-order valence-electron chi connectivity index (χ2n) is 10.3. The minimum Gasteiger partial charge on any atom is -0.374 e. The second kappa shape index (κ2) is 7.35. The summed E-state index contributed by atoms with van der Waals surface area (Å²) in [7, 11) is -5.79. The summed E-state index contributed by atoms with van der Waals surface area (Å²) in [4.78, 5) is 22.3. The average Bonchev–Trinajstić information content (AvgIpc) is 3.08. The Morgan fingerprint density at radius 1 is 1.30 bits per heavy atom. The largest absolute Gasteiger partial charge is 0.534 e. The van der Waals surface area contributed by atoms with Gasteiger partial charge in [0.25, 0.3) is 0 Å². The number of carbonyl (C=O) groups excluding carboxylic acids is 1. The first-order valence-electron chi connectivity index (χ1n) is 11.1. The highest BCUT2D eigenvalue weighted by molar-refractivity contribution is 7.88. The van der Waals surface area contributed by atoms with Crippen LogP contribution >= 0.6 is 0 Å². The van der Waals surface area contributed by atoms with Crippen molar-refractivity contribution in [2.24, 2.45) is 11.3 Å². The SMILES string of the molecule is CC(CC(=O)N1C2CC3CC1CC(C)(C3)C2)c1c[nH]c2ncc(OS(=O)(=O)C(F)(F)F)cc12. The molecule has 11 heteroatoms. The summed E-state index contributed by atoms with van der Waals surface area (Å²) in [5.41, 5.74) is -4.14. The molecule has 1 amide bonds. The standard InChI is InChI=1S/C22H26F3N3O4S/c1-12(3-19(29)28-14-4-13-5-15(28)9-21(2,7-13)8-14)18-11-27-20-17(18)6-16(10-26-20)32-33(30,31)22(23,24)25/h6,10-15H,3-5,7-9H2,1-2H3,(H,26,27). The number of piperidine rings is 2. The molecule has 3 atom stereocenters. The maximum Gasteiger partial charge on any atom is 0.534 e. The molecule has 2 saturated heterocycles. The van der Waals surface area contributed by atoms with Crippen LogP contribution in [0.25, 0.3) is 11.0 Å². The van der Waals surface area contributed by atoms with Crippen LogP contribution in [0.5, 0.6) is 5.75 Å². The fourth-order valence-electron chi connectivity index (χ4n) is 6.52. The number of halogens is 3. The van der Waals surface area contributed by atoms with Crippen molar-refractivity contribution < 1.29 is 30.6 Å². The van der Waals surface area contributed by atoms with Gasteiger partial charge in [-0.05, 0) is 61.0 Å². The summed E-state index contributed by atoms with van der Waals surface area (Å²) in [6, 6.07) is 1.79. The Hall–Kier alpha value is -2.30. The van der Waals surface area contributed by atoms with Gasteiger partial charge in [0.15, 0.2) is 5.75 Å². The fourth-order valence-corrected chi connectivity index (χ4v) is 6.96. The maximum atomic E-state index is 13.3. The van der Waals surface area contributed by atoms with Gasteiger partial charge in [0.2, 0.25) is 5.91 Å². The van der Waals surface area contributed by atoms with E-state index in [4.69, 9.17) is 0 Å². The van der Waals surface area contributed by atoms with Crippen molar-refractivity contribution in [2.75, 3.05) is 0 Å². The molecule has 0 radical (unpaired) electrons. The summed E-state index contributed by atoms with van der Waals surface area (Å²) in [6.07, 6.45) is 8.32. The smallest absolute Gasteiger partial charge is 0.374 e. The molecule has 2 saturated carbocycles. The Morgan fingerprint density at radius 2 is 1.97 bits per heavy atom. The molecule has 2 aromatic rings. The molecule has 33 heavy (non-hydrogen) atoms. The van der Waals surface area contributed by atoms with Gasteiger partial charge in [-0.1, -0.05) is 13.8 Å². The van der Waals surface area contributed by atoms with E-state index in [1.165, 1.54) is 12.5 Å². The number of amides is 1. The number of carbonyl (C=O) groups is 1. The molecule has 180 valence electrons. The summed E-state index contributed by atoms with van der Waals surface area (Å²) in [5.74, 6) is 0.0295. The normalized spacial score (nSPS) is 30.1. The molecular formula is C22H26F3N3O4S. The quantitative estimate of drug-likeness (QED) is 0.499. The summed E-state index contributed by atoms with van der Waals surface area (Å²) >= 11 is 0. The van der Waals surface area contributed by atoms with E-state index in [2.05, 4.69) is 26.0 Å². The number of nitrogens with zero attached hydrogens (tertiary/aromatic N) is 2. The summed E-state index contributed by atoms with van der Waals surface area (Å²) in [6.45, 7) is 4.21. The van der Waals surface area contributed by atoms with Crippen molar-refractivity contribution >= 4 is 27.1 Å². The van der Waals surface area contributed by atoms with Crippen molar-refractivity contribution in [3.05, 3.63) is 24.0 Å². The van der Waals surface area contributed by atoms with E-state index < -0.39 is 21.4 Å². The Morgan fingerprint density at radius 3 is 2.58 bits per heavy atom. The van der Waals surface area contributed by atoms with Gasteiger partial charge in [-0.15, -0.1) is 0 Å². The zero-order valence-corrected chi connectivity index (χ0v) is 19.2. The summed E-state index contributed by atoms with van der Waals surface area (Å²) < 4.78 is 64.9. The average molecular weight is 486 g/mol. The summed E-state index contributed by atoms with van der Waals surface area (Å²) in [5, 5.41) is 0.428. The monoisotopic (exact) mass is 485 g/mol. The number of fused-ring (bicyclic) bond motifs is 1. The van der Waals surface area contributed by atoms with Crippen molar-refractivity contribution in [1.29, 1.82) is 0 Å². The second-order valence-corrected chi connectivity index (χ2v) is 11.8. The van der Waals surface area contributed by atoms with E-state index in [0.29, 0.717) is 27.9 Å². The van der Waals surface area contributed by atoms with E-state index >= 15 is 0 Å². The lowest BCUT2D eigenvalue weighted by molar-refractivity contribution is -0.156. The number of pyridine rings is 1. The molecule has 4 fully saturated rings. The van der Waals surface area contributed by atoms with Gasteiger partial charge < -0.3 is 14.1 Å². The predicted octanol–water partition coefficient (Wildman–Crippen LogP) is 4.46. The van der Waals surface area contributed by atoms with Gasteiger partial charge in [0, 0.05) is 30.1 Å². The Labute approximate surface area is 189 Å². The number of H-pyrrole nitrogens is 1. The van der Waals surface area contributed by atoms with Crippen LogP contribution in [0.4, 0.5) is 13.2 Å². The van der Waals surface area contributed by atoms with Crippen LogP contribution in [0.3, 0.4) is 0 Å². The molecule has 6 rings (SSSR count). The molecule has 7 nitrogen and oxygen atoms in total. The first-order valence-corrected chi connectivity index (χ1v) is 12.5. The van der Waals surface area contributed by atoms with Crippen LogP contribution in [-0.4, -0.2) is 46.8 Å². The molecular weight excluding hydrogens is 459 g/mol. The minimum atomic E-state index is -5.79. The minimum absolute atomic E-state index is 0.0919. The third-order valence-electron chi connectivity index (χ3n) is 7.56. The van der Waals surface area contributed by atoms with Crippen LogP contribution in [0, 0.1) is 11.3 Å². The number of alkyl halides is 3. The number of hydrogen-bond acceptors (Lipinski definition) is 5. The lowest BCUT2D eigenvalue weighted by Gasteiger charge is -2.61. The highest BCUT2D eigenvalue weighted by Gasteiger charge is 2.53. The van der Waals surface area contributed by atoms with Gasteiger partial charge >= 0.3 is 15.6 Å². The van der Waals surface area contributed by atoms with Gasteiger partial charge in [0.1, 0.15) is 5.65 Å². The lowest BCUT2D eigenvalue weighted by atomic mass is 9.56. The van der Waals surface area contributed by atoms with Crippen LogP contribution in [-0.2, 0) is 14.9 Å². The molecule has 2 aromatic heterocycles. The van der Waals surface area contributed by atoms with Crippen LogP contribution in [0.2, 0.25) is 0 Å². The molecule has 4 aliphatic rings. The third kappa shape index (κ3) is 3.87. The van der Waals surface area contributed by atoms with E-state index in [1.54, 1.807) is 6.20 Å². The van der Waals surface area contributed by atoms with Crippen LogP contribution in [0.15, 0.2) is 18.5 Å². The topological polar surface area (TPSA) is 92.4 Å². The predicted molar refractivity (Wildman–Crippen MR) is 114 cm³/mol. The number of nitrogens with one attached hydrogen (secondary N) is 1. The van der Waals surface area contributed by atoms with Crippen molar-refractivity contribution in [3.8, 4) is 5.75 Å². The van der Waals surface area contributed by atoms with Gasteiger partial charge in [-0.3, -0.25) is 4.79 Å². The van der Waals surface area contributed by atoms with Crippen LogP contribution in [0.1, 0.15) is 63.9 Å². The third-order valence-corrected chi connectivity index (χ3v) is 8.54. The van der Waals surface area contributed by atoms with Crippen LogP contribution < -0.4 is 4.18 Å². The van der Waals surface area contributed by atoms with Crippen molar-refractivity contribution in [3.63, 3.8) is 0 Å². The number of hydrogen-bond donors (Lipinski definition) is 1. The van der Waals surface area contributed by atoms with E-state index in [1.807, 2.05) is 6.92 Å². The van der Waals surface area contributed by atoms with Gasteiger partial charge in [0.05, 0.1) is 6.20 Å². The maximum absolute atomic E-state index is 13.3. The molecule has 3 unspecified atom stereocenters. The molecule has 4 bridgehead atoms. The Bertz CT molecular complexity index is 1190. The van der Waals surface area contributed by atoms with E-state index in [9.17, 15) is 26.4 Å². The number of rotatable bonds is 5. The van der Waals surface area contributed by atoms with Gasteiger partial charge in [-0.25, -0.2) is 4.98 Å². The fraction of sp³-hybridized carbons (Fsp3) is 0.636. The Kier molecular flexibility index (Phi) is 5.01. The van der Waals surface area contributed by atoms with Gasteiger partial charge in [-0.2, -0.15) is 21.6 Å². The first kappa shape index (κ1) is 22.5. The van der Waals surface area contributed by atoms with Crippen molar-refractivity contribution in [1.82, 2.24) is 14.9 Å². The van der Waals surface area contributed by atoms with E-state index in [0.717, 1.165) is 31.9 Å². The molecule has 1 N–H and O–H groups in total. The zero-order valence-electron chi connectivity index (χ0n) is 18.4. The number of aromatic nitrogens is 2. The van der Waals surface area contributed by atoms with E-state index in [-0.39, 0.29) is 30.3 Å². The first-order chi connectivity index (χ1) is 15.4. The Balaban J connectivity index is 1.35. The highest BCUT2D eigenvalue weighted by Crippen LogP contribution is 2.56. The molecule has 0 aromatic carbocycles. The molecule has 4 heterocycles. The molecule has 0 spiro atoms. The molecule has 2 aliphatic carbocycles. The number of aromatic amines is 1. The van der Waals surface area contributed by atoms with Crippen molar-refractivity contribution in [2.45, 2.75) is 75.9 Å². The lowest BCUT2D eigenvalue weighted by Crippen LogP contribution is -2.62. The zero-order chi connectivity index (χ0) is 23.8.